The van der Waals surface area contributed by atoms with Crippen molar-refractivity contribution in [2.75, 3.05) is 18.5 Å². The first-order chi connectivity index (χ1) is 7.17. The van der Waals surface area contributed by atoms with Crippen molar-refractivity contribution < 1.29 is 5.11 Å². The Kier molecular flexibility index (Phi) is 4.60. The number of aliphatic hydroxyl groups excluding tert-OH is 1. The van der Waals surface area contributed by atoms with E-state index in [2.05, 4.69) is 27.3 Å². The van der Waals surface area contributed by atoms with Gasteiger partial charge in [0.25, 0.3) is 0 Å². The van der Waals surface area contributed by atoms with E-state index in [9.17, 15) is 0 Å². The molecule has 0 bridgehead atoms. The topological polar surface area (TPSA) is 56.0 Å². The van der Waals surface area contributed by atoms with Gasteiger partial charge in [0, 0.05) is 17.6 Å². The second-order valence-corrected chi connectivity index (χ2v) is 4.39. The van der Waals surface area contributed by atoms with Gasteiger partial charge in [0.1, 0.15) is 6.07 Å². The van der Waals surface area contributed by atoms with E-state index in [1.54, 1.807) is 6.07 Å². The summed E-state index contributed by atoms with van der Waals surface area (Å²) in [6, 6.07) is 7.63. The van der Waals surface area contributed by atoms with E-state index in [0.717, 1.165) is 10.2 Å². The fourth-order valence-corrected chi connectivity index (χ4v) is 1.47. The molecule has 15 heavy (non-hydrogen) atoms. The standard InChI is InChI=1S/C11H13BrN2O/c1-8(7-15)6-14-11-3-2-10(12)4-9(11)5-13/h2-4,8,14-15H,6-7H2,1H3. The molecule has 0 saturated heterocycles. The van der Waals surface area contributed by atoms with E-state index >= 15 is 0 Å². The molecule has 0 aromatic heterocycles. The average molecular weight is 269 g/mol. The predicted molar refractivity (Wildman–Crippen MR) is 63.6 cm³/mol. The van der Waals surface area contributed by atoms with Gasteiger partial charge in [-0.25, -0.2) is 0 Å². The molecule has 1 aromatic rings. The smallest absolute Gasteiger partial charge is 0.101 e. The Morgan fingerprint density at radius 3 is 2.93 bits per heavy atom. The molecule has 0 heterocycles. The lowest BCUT2D eigenvalue weighted by molar-refractivity contribution is 0.244. The number of anilines is 1. The zero-order valence-electron chi connectivity index (χ0n) is 8.50. The largest absolute Gasteiger partial charge is 0.396 e. The first kappa shape index (κ1) is 12.0. The van der Waals surface area contributed by atoms with Crippen LogP contribution in [0.15, 0.2) is 22.7 Å². The molecular weight excluding hydrogens is 256 g/mol. The Hall–Kier alpha value is -1.05. The second-order valence-electron chi connectivity index (χ2n) is 3.47. The lowest BCUT2D eigenvalue weighted by Crippen LogP contribution is -2.15. The summed E-state index contributed by atoms with van der Waals surface area (Å²) in [5, 5.41) is 20.9. The van der Waals surface area contributed by atoms with Crippen molar-refractivity contribution >= 4 is 21.6 Å². The lowest BCUT2D eigenvalue weighted by atomic mass is 10.1. The molecule has 1 rings (SSSR count). The minimum Gasteiger partial charge on any atom is -0.396 e. The quantitative estimate of drug-likeness (QED) is 0.882. The van der Waals surface area contributed by atoms with Crippen LogP contribution in [0.2, 0.25) is 0 Å². The zero-order chi connectivity index (χ0) is 11.3. The molecule has 1 unspecified atom stereocenters. The van der Waals surface area contributed by atoms with Gasteiger partial charge < -0.3 is 10.4 Å². The third-order valence-electron chi connectivity index (χ3n) is 2.05. The number of nitriles is 1. The van der Waals surface area contributed by atoms with Gasteiger partial charge in [-0.05, 0) is 24.1 Å². The predicted octanol–water partition coefficient (Wildman–Crippen LogP) is 2.36. The van der Waals surface area contributed by atoms with E-state index < -0.39 is 0 Å². The molecule has 1 aromatic carbocycles. The Balaban J connectivity index is 2.73. The highest BCUT2D eigenvalue weighted by molar-refractivity contribution is 9.10. The molecule has 3 nitrogen and oxygen atoms in total. The molecule has 0 fully saturated rings. The number of aliphatic hydroxyl groups is 1. The van der Waals surface area contributed by atoms with Gasteiger partial charge in [0.05, 0.1) is 11.3 Å². The van der Waals surface area contributed by atoms with Crippen LogP contribution in [0, 0.1) is 17.2 Å². The van der Waals surface area contributed by atoms with Crippen LogP contribution < -0.4 is 5.32 Å². The molecule has 0 aliphatic carbocycles. The van der Waals surface area contributed by atoms with Crippen LogP contribution in [0.4, 0.5) is 5.69 Å². The summed E-state index contributed by atoms with van der Waals surface area (Å²) in [5.74, 6) is 0.181. The number of nitrogens with zero attached hydrogens (tertiary/aromatic N) is 1. The van der Waals surface area contributed by atoms with Crippen LogP contribution in [0.25, 0.3) is 0 Å². The van der Waals surface area contributed by atoms with E-state index in [4.69, 9.17) is 10.4 Å². The van der Waals surface area contributed by atoms with Crippen LogP contribution in [-0.2, 0) is 0 Å². The van der Waals surface area contributed by atoms with Crippen molar-refractivity contribution in [2.45, 2.75) is 6.92 Å². The van der Waals surface area contributed by atoms with E-state index in [1.165, 1.54) is 0 Å². The van der Waals surface area contributed by atoms with Crippen molar-refractivity contribution in [3.63, 3.8) is 0 Å². The monoisotopic (exact) mass is 268 g/mol. The number of halogens is 1. The molecule has 0 aliphatic rings. The number of hydrogen-bond donors (Lipinski definition) is 2. The maximum atomic E-state index is 8.91. The molecular formula is C11H13BrN2O. The zero-order valence-corrected chi connectivity index (χ0v) is 10.1. The van der Waals surface area contributed by atoms with E-state index in [-0.39, 0.29) is 12.5 Å². The second kappa shape index (κ2) is 5.74. The Bertz CT molecular complexity index is 373. The van der Waals surface area contributed by atoms with Gasteiger partial charge in [0.15, 0.2) is 0 Å². The summed E-state index contributed by atoms with van der Waals surface area (Å²) in [4.78, 5) is 0. The molecule has 0 amide bonds. The van der Waals surface area contributed by atoms with Gasteiger partial charge in [-0.1, -0.05) is 22.9 Å². The van der Waals surface area contributed by atoms with Gasteiger partial charge in [-0.15, -0.1) is 0 Å². The van der Waals surface area contributed by atoms with Crippen LogP contribution in [0.1, 0.15) is 12.5 Å². The highest BCUT2D eigenvalue weighted by Crippen LogP contribution is 2.20. The highest BCUT2D eigenvalue weighted by atomic mass is 79.9. The van der Waals surface area contributed by atoms with E-state index in [1.807, 2.05) is 19.1 Å². The van der Waals surface area contributed by atoms with Crippen LogP contribution in [-0.4, -0.2) is 18.3 Å². The van der Waals surface area contributed by atoms with Gasteiger partial charge in [0.2, 0.25) is 0 Å². The molecule has 0 radical (unpaired) electrons. The first-order valence-corrected chi connectivity index (χ1v) is 5.51. The maximum Gasteiger partial charge on any atom is 0.101 e. The Morgan fingerprint density at radius 2 is 2.33 bits per heavy atom. The third kappa shape index (κ3) is 3.54. The van der Waals surface area contributed by atoms with E-state index in [0.29, 0.717) is 12.1 Å². The SMILES string of the molecule is CC(CO)CNc1ccc(Br)cc1C#N. The van der Waals surface area contributed by atoms with Crippen molar-refractivity contribution in [3.05, 3.63) is 28.2 Å². The maximum absolute atomic E-state index is 8.91. The first-order valence-electron chi connectivity index (χ1n) is 4.71. The minimum absolute atomic E-state index is 0.144. The summed E-state index contributed by atoms with van der Waals surface area (Å²) >= 11 is 3.31. The number of hydrogen-bond acceptors (Lipinski definition) is 3. The normalized spacial score (nSPS) is 11.9. The summed E-state index contributed by atoms with van der Waals surface area (Å²) in [6.45, 7) is 2.75. The number of benzene rings is 1. The molecule has 0 spiro atoms. The summed E-state index contributed by atoms with van der Waals surface area (Å²) in [5.41, 5.74) is 1.41. The van der Waals surface area contributed by atoms with Crippen LogP contribution in [0.5, 0.6) is 0 Å². The Morgan fingerprint density at radius 1 is 1.60 bits per heavy atom. The van der Waals surface area contributed by atoms with Crippen molar-refractivity contribution in [2.24, 2.45) is 5.92 Å². The van der Waals surface area contributed by atoms with Gasteiger partial charge >= 0.3 is 0 Å². The van der Waals surface area contributed by atoms with Crippen molar-refractivity contribution in [1.82, 2.24) is 0 Å². The fraction of sp³-hybridized carbons (Fsp3) is 0.364. The number of nitrogens with one attached hydrogen (secondary N) is 1. The third-order valence-corrected chi connectivity index (χ3v) is 2.55. The van der Waals surface area contributed by atoms with Crippen molar-refractivity contribution in [3.8, 4) is 6.07 Å². The molecule has 4 heteroatoms. The van der Waals surface area contributed by atoms with Crippen LogP contribution in [0.3, 0.4) is 0 Å². The Labute approximate surface area is 97.9 Å². The molecule has 2 N–H and O–H groups in total. The van der Waals surface area contributed by atoms with Crippen molar-refractivity contribution in [1.29, 1.82) is 5.26 Å². The van der Waals surface area contributed by atoms with Crippen LogP contribution >= 0.6 is 15.9 Å². The minimum atomic E-state index is 0.144. The summed E-state index contributed by atoms with van der Waals surface area (Å²) in [7, 11) is 0. The lowest BCUT2D eigenvalue weighted by Gasteiger charge is -2.12. The molecule has 0 saturated carbocycles. The number of rotatable bonds is 4. The fourth-order valence-electron chi connectivity index (χ4n) is 1.11. The molecule has 80 valence electrons. The summed E-state index contributed by atoms with van der Waals surface area (Å²) in [6.07, 6.45) is 0. The highest BCUT2D eigenvalue weighted by Gasteiger charge is 2.04. The average Bonchev–Trinajstić information content (AvgIpc) is 2.26. The molecule has 1 atom stereocenters. The summed E-state index contributed by atoms with van der Waals surface area (Å²) < 4.78 is 0.889. The van der Waals surface area contributed by atoms with Gasteiger partial charge in [-0.2, -0.15) is 5.26 Å². The molecule has 0 aliphatic heterocycles. The van der Waals surface area contributed by atoms with Gasteiger partial charge in [-0.3, -0.25) is 0 Å².